The van der Waals surface area contributed by atoms with Crippen molar-refractivity contribution in [1.29, 1.82) is 0 Å². The van der Waals surface area contributed by atoms with Crippen molar-refractivity contribution < 1.29 is 9.53 Å². The van der Waals surface area contributed by atoms with E-state index in [4.69, 9.17) is 10.5 Å². The van der Waals surface area contributed by atoms with Crippen LogP contribution in [0.2, 0.25) is 0 Å². The van der Waals surface area contributed by atoms with Gasteiger partial charge in [-0.3, -0.25) is 4.79 Å². The monoisotopic (exact) mass is 262 g/mol. The van der Waals surface area contributed by atoms with E-state index in [1.165, 1.54) is 25.7 Å². The summed E-state index contributed by atoms with van der Waals surface area (Å²) >= 11 is 0. The molecular formula is C15H22N2O2. The van der Waals surface area contributed by atoms with Crippen LogP contribution in [-0.4, -0.2) is 19.1 Å². The molecule has 0 aliphatic heterocycles. The first-order chi connectivity index (χ1) is 9.11. The number of nitrogens with two attached hydrogens (primary N) is 1. The molecule has 1 fully saturated rings. The molecule has 0 radical (unpaired) electrons. The highest BCUT2D eigenvalue weighted by atomic mass is 16.5. The minimum atomic E-state index is -0.115. The number of carbonyl (C=O) groups excluding carboxylic acids is 1. The van der Waals surface area contributed by atoms with Gasteiger partial charge in [-0.15, -0.1) is 0 Å². The van der Waals surface area contributed by atoms with Gasteiger partial charge in [0, 0.05) is 11.7 Å². The third-order valence-electron chi connectivity index (χ3n) is 3.97. The van der Waals surface area contributed by atoms with Crippen molar-refractivity contribution in [3.63, 3.8) is 0 Å². The molecule has 0 bridgehead atoms. The minimum Gasteiger partial charge on any atom is -0.497 e. The van der Waals surface area contributed by atoms with E-state index in [0.717, 1.165) is 0 Å². The zero-order chi connectivity index (χ0) is 13.8. The number of nitrogen functional groups attached to an aromatic ring is 1. The summed E-state index contributed by atoms with van der Waals surface area (Å²) in [4.78, 5) is 12.3. The standard InChI is InChI=1S/C15H22N2O2/c1-10(11-5-3-4-6-11)17-15(18)13-9-12(19-2)7-8-14(13)16/h7-11H,3-6,16H2,1-2H3,(H,17,18)/t10-/m0/s1. The molecule has 3 N–H and O–H groups in total. The number of methoxy groups -OCH3 is 1. The van der Waals surface area contributed by atoms with Crippen LogP contribution in [0.5, 0.6) is 5.75 Å². The lowest BCUT2D eigenvalue weighted by Gasteiger charge is -2.21. The summed E-state index contributed by atoms with van der Waals surface area (Å²) in [6.07, 6.45) is 4.95. The van der Waals surface area contributed by atoms with Crippen molar-refractivity contribution in [3.8, 4) is 5.75 Å². The molecule has 1 amide bonds. The number of anilines is 1. The van der Waals surface area contributed by atoms with Crippen LogP contribution in [0.4, 0.5) is 5.69 Å². The molecule has 1 aliphatic rings. The lowest BCUT2D eigenvalue weighted by molar-refractivity contribution is 0.0928. The van der Waals surface area contributed by atoms with Crippen LogP contribution in [0.3, 0.4) is 0 Å². The van der Waals surface area contributed by atoms with Gasteiger partial charge in [-0.25, -0.2) is 0 Å². The summed E-state index contributed by atoms with van der Waals surface area (Å²) in [7, 11) is 1.58. The molecule has 2 rings (SSSR count). The number of rotatable bonds is 4. The highest BCUT2D eigenvalue weighted by molar-refractivity contribution is 5.99. The first-order valence-electron chi connectivity index (χ1n) is 6.86. The normalized spacial score (nSPS) is 17.2. The average molecular weight is 262 g/mol. The van der Waals surface area contributed by atoms with Gasteiger partial charge in [-0.05, 0) is 43.9 Å². The van der Waals surface area contributed by atoms with E-state index in [1.807, 2.05) is 0 Å². The third kappa shape index (κ3) is 3.19. The van der Waals surface area contributed by atoms with Gasteiger partial charge in [0.1, 0.15) is 5.75 Å². The van der Waals surface area contributed by atoms with Crippen molar-refractivity contribution in [2.75, 3.05) is 12.8 Å². The van der Waals surface area contributed by atoms with Crippen LogP contribution in [0.25, 0.3) is 0 Å². The Kier molecular flexibility index (Phi) is 4.30. The fourth-order valence-electron chi connectivity index (χ4n) is 2.72. The second-order valence-corrected chi connectivity index (χ2v) is 5.26. The summed E-state index contributed by atoms with van der Waals surface area (Å²) in [6, 6.07) is 5.34. The third-order valence-corrected chi connectivity index (χ3v) is 3.97. The van der Waals surface area contributed by atoms with Gasteiger partial charge in [0.2, 0.25) is 0 Å². The van der Waals surface area contributed by atoms with Gasteiger partial charge in [-0.2, -0.15) is 0 Å². The molecule has 1 aromatic rings. The Labute approximate surface area is 114 Å². The number of benzene rings is 1. The number of hydrogen-bond donors (Lipinski definition) is 2. The predicted octanol–water partition coefficient (Wildman–Crippen LogP) is 2.59. The molecule has 1 saturated carbocycles. The van der Waals surface area contributed by atoms with Crippen LogP contribution in [0.15, 0.2) is 18.2 Å². The predicted molar refractivity (Wildman–Crippen MR) is 76.3 cm³/mol. The Bertz CT molecular complexity index is 453. The fourth-order valence-corrected chi connectivity index (χ4v) is 2.72. The van der Waals surface area contributed by atoms with Crippen molar-refractivity contribution in [2.45, 2.75) is 38.6 Å². The van der Waals surface area contributed by atoms with E-state index in [1.54, 1.807) is 25.3 Å². The van der Waals surface area contributed by atoms with Crippen molar-refractivity contribution in [3.05, 3.63) is 23.8 Å². The van der Waals surface area contributed by atoms with Crippen LogP contribution in [0, 0.1) is 5.92 Å². The van der Waals surface area contributed by atoms with E-state index in [2.05, 4.69) is 12.2 Å². The molecule has 4 heteroatoms. The van der Waals surface area contributed by atoms with E-state index in [0.29, 0.717) is 22.9 Å². The Hall–Kier alpha value is -1.71. The highest BCUT2D eigenvalue weighted by Crippen LogP contribution is 2.28. The molecule has 0 saturated heterocycles. The van der Waals surface area contributed by atoms with Gasteiger partial charge in [-0.1, -0.05) is 12.8 Å². The SMILES string of the molecule is COc1ccc(N)c(C(=O)N[C@@H](C)C2CCCC2)c1. The van der Waals surface area contributed by atoms with Gasteiger partial charge >= 0.3 is 0 Å². The molecule has 0 heterocycles. The van der Waals surface area contributed by atoms with E-state index < -0.39 is 0 Å². The zero-order valence-corrected chi connectivity index (χ0v) is 11.6. The molecule has 0 aromatic heterocycles. The van der Waals surface area contributed by atoms with E-state index >= 15 is 0 Å². The van der Waals surface area contributed by atoms with Crippen LogP contribution < -0.4 is 15.8 Å². The van der Waals surface area contributed by atoms with E-state index in [9.17, 15) is 4.79 Å². The Balaban J connectivity index is 2.06. The minimum absolute atomic E-state index is 0.115. The van der Waals surface area contributed by atoms with Crippen LogP contribution in [0.1, 0.15) is 43.0 Å². The number of ether oxygens (including phenoxy) is 1. The zero-order valence-electron chi connectivity index (χ0n) is 11.6. The highest BCUT2D eigenvalue weighted by Gasteiger charge is 2.23. The molecule has 0 spiro atoms. The molecular weight excluding hydrogens is 240 g/mol. The Morgan fingerprint density at radius 1 is 1.42 bits per heavy atom. The largest absolute Gasteiger partial charge is 0.497 e. The molecule has 1 aliphatic carbocycles. The molecule has 19 heavy (non-hydrogen) atoms. The first-order valence-corrected chi connectivity index (χ1v) is 6.86. The van der Waals surface area contributed by atoms with Gasteiger partial charge < -0.3 is 15.8 Å². The molecule has 104 valence electrons. The summed E-state index contributed by atoms with van der Waals surface area (Å²) in [6.45, 7) is 2.07. The van der Waals surface area contributed by atoms with Crippen LogP contribution >= 0.6 is 0 Å². The quantitative estimate of drug-likeness (QED) is 0.820. The maximum Gasteiger partial charge on any atom is 0.253 e. The van der Waals surface area contributed by atoms with E-state index in [-0.39, 0.29) is 11.9 Å². The second kappa shape index (κ2) is 5.95. The maximum absolute atomic E-state index is 12.3. The summed E-state index contributed by atoms with van der Waals surface area (Å²) < 4.78 is 5.13. The van der Waals surface area contributed by atoms with Gasteiger partial charge in [0.15, 0.2) is 0 Å². The number of hydrogen-bond acceptors (Lipinski definition) is 3. The summed E-state index contributed by atoms with van der Waals surface area (Å²) in [5.74, 6) is 1.12. The van der Waals surface area contributed by atoms with Crippen molar-refractivity contribution in [1.82, 2.24) is 5.32 Å². The maximum atomic E-state index is 12.3. The molecule has 4 nitrogen and oxygen atoms in total. The molecule has 1 aromatic carbocycles. The smallest absolute Gasteiger partial charge is 0.253 e. The first kappa shape index (κ1) is 13.7. The lowest BCUT2D eigenvalue weighted by atomic mass is 9.99. The average Bonchev–Trinajstić information content (AvgIpc) is 2.93. The Morgan fingerprint density at radius 2 is 2.11 bits per heavy atom. The van der Waals surface area contributed by atoms with Crippen molar-refractivity contribution in [2.24, 2.45) is 5.92 Å². The topological polar surface area (TPSA) is 64.3 Å². The second-order valence-electron chi connectivity index (χ2n) is 5.26. The number of amides is 1. The molecule has 1 atom stereocenters. The summed E-state index contributed by atoms with van der Waals surface area (Å²) in [5.41, 5.74) is 6.83. The van der Waals surface area contributed by atoms with Crippen LogP contribution in [-0.2, 0) is 0 Å². The van der Waals surface area contributed by atoms with Crippen molar-refractivity contribution >= 4 is 11.6 Å². The van der Waals surface area contributed by atoms with Gasteiger partial charge in [0.05, 0.1) is 12.7 Å². The molecule has 0 unspecified atom stereocenters. The summed E-state index contributed by atoms with van der Waals surface area (Å²) in [5, 5.41) is 3.06. The van der Waals surface area contributed by atoms with Gasteiger partial charge in [0.25, 0.3) is 5.91 Å². The Morgan fingerprint density at radius 3 is 2.74 bits per heavy atom. The number of carbonyl (C=O) groups is 1. The number of nitrogens with one attached hydrogen (secondary N) is 1. The lowest BCUT2D eigenvalue weighted by Crippen LogP contribution is -2.37. The fraction of sp³-hybridized carbons (Fsp3) is 0.533.